The van der Waals surface area contributed by atoms with Crippen LogP contribution in [0.25, 0.3) is 21.3 Å². The lowest BCUT2D eigenvalue weighted by Gasteiger charge is -2.16. The Labute approximate surface area is 414 Å². The van der Waals surface area contributed by atoms with Gasteiger partial charge in [0.15, 0.2) is 16.6 Å². The molecule has 0 radical (unpaired) electrons. The number of carbonyl (C=O) groups excluding carboxylic acids is 6. The Bertz CT molecular complexity index is 3160. The van der Waals surface area contributed by atoms with Crippen LogP contribution in [0.2, 0.25) is 0 Å². The summed E-state index contributed by atoms with van der Waals surface area (Å²) in [5.74, 6) is -4.03. The SMILES string of the molecule is CCc1nc(C)oc1C(=O)/N=c1\sc2cc(C(N)=O)cc(OC)c2n1C/C=C/Cn1c(NC(=O)c2oc(C)nc2CC)nc2cc(C(N)=O)cc(OCCCC(=O)O[C@@H](C)CNC(=O)[C@@H](N)CCC(=O)O)c21. The largest absolute Gasteiger partial charge is 0.494 e. The number of thiazole rings is 1. The lowest BCUT2D eigenvalue weighted by Crippen LogP contribution is -2.43. The van der Waals surface area contributed by atoms with E-state index in [1.807, 2.05) is 13.8 Å². The van der Waals surface area contributed by atoms with Crippen LogP contribution in [0.5, 0.6) is 11.5 Å². The first-order valence-electron chi connectivity index (χ1n) is 22.7. The van der Waals surface area contributed by atoms with Gasteiger partial charge in [-0.3, -0.25) is 38.9 Å². The van der Waals surface area contributed by atoms with Crippen molar-refractivity contribution in [2.45, 2.75) is 98.4 Å². The Morgan fingerprint density at radius 3 is 2.12 bits per heavy atom. The van der Waals surface area contributed by atoms with Gasteiger partial charge >= 0.3 is 17.8 Å². The number of oxazole rings is 2. The Morgan fingerprint density at radius 2 is 1.49 bits per heavy atom. The number of nitrogens with one attached hydrogen (secondary N) is 2. The predicted molar refractivity (Wildman–Crippen MR) is 259 cm³/mol. The summed E-state index contributed by atoms with van der Waals surface area (Å²) in [7, 11) is 1.43. The second kappa shape index (κ2) is 23.6. The molecule has 24 nitrogen and oxygen atoms in total. The number of aryl methyl sites for hydroxylation is 4. The number of aliphatic carboxylic acids is 1. The number of hydrogen-bond acceptors (Lipinski definition) is 17. The first-order valence-corrected chi connectivity index (χ1v) is 23.5. The van der Waals surface area contributed by atoms with Gasteiger partial charge in [0.1, 0.15) is 28.6 Å². The highest BCUT2D eigenvalue weighted by atomic mass is 32.1. The fourth-order valence-corrected chi connectivity index (χ4v) is 8.50. The third-order valence-electron chi connectivity index (χ3n) is 10.9. The number of allylic oxidation sites excluding steroid dienone is 2. The van der Waals surface area contributed by atoms with Crippen molar-refractivity contribution in [2.75, 3.05) is 25.6 Å². The smallest absolute Gasteiger partial charge is 0.317 e. The molecule has 72 heavy (non-hydrogen) atoms. The number of fused-ring (bicyclic) bond motifs is 2. The minimum atomic E-state index is -1.08. The zero-order valence-electron chi connectivity index (χ0n) is 40.4. The number of anilines is 1. The molecule has 2 aromatic carbocycles. The van der Waals surface area contributed by atoms with Crippen LogP contribution in [-0.2, 0) is 45.1 Å². The quantitative estimate of drug-likeness (QED) is 0.0286. The van der Waals surface area contributed by atoms with E-state index in [2.05, 4.69) is 30.6 Å². The van der Waals surface area contributed by atoms with E-state index in [1.165, 1.54) is 25.3 Å². The zero-order valence-corrected chi connectivity index (χ0v) is 41.2. The van der Waals surface area contributed by atoms with Crippen LogP contribution in [-0.4, -0.2) is 103 Å². The number of amides is 5. The molecular weight excluding hydrogens is 959 g/mol. The molecule has 4 heterocycles. The third kappa shape index (κ3) is 12.8. The molecule has 9 N–H and O–H groups in total. The zero-order chi connectivity index (χ0) is 52.4. The first kappa shape index (κ1) is 53.2. The van der Waals surface area contributed by atoms with E-state index in [-0.39, 0.29) is 102 Å². The highest BCUT2D eigenvalue weighted by Crippen LogP contribution is 2.33. The maximum Gasteiger partial charge on any atom is 0.317 e. The summed E-state index contributed by atoms with van der Waals surface area (Å²) in [4.78, 5) is 106. The number of aromatic nitrogens is 5. The van der Waals surface area contributed by atoms with Crippen LogP contribution < -0.4 is 42.1 Å². The molecule has 382 valence electrons. The van der Waals surface area contributed by atoms with Crippen molar-refractivity contribution < 1.29 is 61.7 Å². The molecule has 0 spiro atoms. The predicted octanol–water partition coefficient (Wildman–Crippen LogP) is 3.63. The Balaban J connectivity index is 1.30. The van der Waals surface area contributed by atoms with Gasteiger partial charge in [-0.2, -0.15) is 4.99 Å². The standard InChI is InChI=1S/C47H55N11O13S/c1-7-29-39(70-24(4)52-29)44(65)55-46-54-31-18-26(41(49)62)20-33(68-17-11-12-36(61)69-23(3)22-51-43(64)28(48)13-14-35(59)60)37(31)57(46)15-9-10-16-58-38-32(67-6)19-27(42(50)63)21-34(38)72-47(58)56-45(66)40-30(8-2)53-25(5)71-40/h9-10,18-21,23,28H,7-8,11-17,22,48H2,1-6H3,(H2,49,62)(H2,50,63)(H,51,64)(H,59,60)(H,54,55,65)/b10-9+,56-47-/t23-,28-/m0/s1. The van der Waals surface area contributed by atoms with E-state index >= 15 is 0 Å². The number of rotatable bonds is 24. The summed E-state index contributed by atoms with van der Waals surface area (Å²) in [6.07, 6.45) is 3.32. The minimum Gasteiger partial charge on any atom is -0.494 e. The molecule has 0 fully saturated rings. The van der Waals surface area contributed by atoms with Crippen molar-refractivity contribution in [3.63, 3.8) is 0 Å². The van der Waals surface area contributed by atoms with Crippen LogP contribution in [0, 0.1) is 13.8 Å². The normalized spacial score (nSPS) is 12.6. The third-order valence-corrected chi connectivity index (χ3v) is 11.9. The second-order valence-electron chi connectivity index (χ2n) is 16.2. The fraction of sp³-hybridized carbons (Fsp3) is 0.383. The molecular formula is C47H55N11O13S. The number of imidazole rings is 1. The monoisotopic (exact) mass is 1010 g/mol. The van der Waals surface area contributed by atoms with Gasteiger partial charge in [-0.15, -0.1) is 0 Å². The molecule has 0 aliphatic carbocycles. The summed E-state index contributed by atoms with van der Waals surface area (Å²) >= 11 is 1.12. The molecule has 6 aromatic rings. The molecule has 4 aromatic heterocycles. The Hall–Kier alpha value is -8.19. The van der Waals surface area contributed by atoms with Crippen LogP contribution in [0.4, 0.5) is 5.95 Å². The van der Waals surface area contributed by atoms with Crippen LogP contribution in [0.1, 0.15) is 111 Å². The van der Waals surface area contributed by atoms with Crippen molar-refractivity contribution in [1.29, 1.82) is 0 Å². The van der Waals surface area contributed by atoms with Gasteiger partial charge in [-0.25, -0.2) is 15.0 Å². The lowest BCUT2D eigenvalue weighted by atomic mass is 10.1. The topological polar surface area (TPSA) is 357 Å². The van der Waals surface area contributed by atoms with Crippen LogP contribution in [0.3, 0.4) is 0 Å². The molecule has 6 rings (SSSR count). The summed E-state index contributed by atoms with van der Waals surface area (Å²) in [6.45, 7) is 8.47. The van der Waals surface area contributed by atoms with E-state index in [9.17, 15) is 33.6 Å². The van der Waals surface area contributed by atoms with Gasteiger partial charge in [-0.1, -0.05) is 37.3 Å². The Morgan fingerprint density at radius 1 is 0.861 bits per heavy atom. The maximum absolute atomic E-state index is 13.8. The van der Waals surface area contributed by atoms with E-state index in [1.54, 1.807) is 48.1 Å². The summed E-state index contributed by atoms with van der Waals surface area (Å²) in [6, 6.07) is 4.89. The van der Waals surface area contributed by atoms with Crippen LogP contribution >= 0.6 is 11.3 Å². The van der Waals surface area contributed by atoms with E-state index in [0.29, 0.717) is 51.6 Å². The number of benzene rings is 2. The first-order chi connectivity index (χ1) is 34.3. The van der Waals surface area contributed by atoms with Gasteiger partial charge < -0.3 is 59.8 Å². The van der Waals surface area contributed by atoms with E-state index in [0.717, 1.165) is 11.3 Å². The number of esters is 1. The molecule has 0 unspecified atom stereocenters. The highest BCUT2D eigenvalue weighted by molar-refractivity contribution is 7.16. The average Bonchev–Trinajstić information content (AvgIpc) is 4.11. The molecule has 25 heteroatoms. The van der Waals surface area contributed by atoms with Gasteiger partial charge in [-0.05, 0) is 56.9 Å². The van der Waals surface area contributed by atoms with E-state index in [4.69, 9.17) is 45.4 Å². The number of nitrogens with zero attached hydrogens (tertiary/aromatic N) is 6. The van der Waals surface area contributed by atoms with Crippen molar-refractivity contribution >= 4 is 80.0 Å². The lowest BCUT2D eigenvalue weighted by molar-refractivity contribution is -0.149. The maximum atomic E-state index is 13.8. The number of methoxy groups -OCH3 is 1. The van der Waals surface area contributed by atoms with Crippen LogP contribution in [0.15, 0.2) is 50.2 Å². The molecule has 0 saturated carbocycles. The van der Waals surface area contributed by atoms with Crippen molar-refractivity contribution in [2.24, 2.45) is 22.2 Å². The molecule has 5 amide bonds. The van der Waals surface area contributed by atoms with Gasteiger partial charge in [0.2, 0.25) is 35.2 Å². The molecule has 0 bridgehead atoms. The number of nitrogens with two attached hydrogens (primary N) is 3. The van der Waals surface area contributed by atoms with Crippen molar-refractivity contribution in [3.05, 3.63) is 87.0 Å². The van der Waals surface area contributed by atoms with Gasteiger partial charge in [0.05, 0.1) is 47.9 Å². The number of carbonyl (C=O) groups is 7. The molecule has 0 saturated heterocycles. The fourth-order valence-electron chi connectivity index (χ4n) is 7.41. The molecule has 0 aliphatic rings. The summed E-state index contributed by atoms with van der Waals surface area (Å²) < 4.78 is 32.5. The van der Waals surface area contributed by atoms with E-state index < -0.39 is 53.6 Å². The highest BCUT2D eigenvalue weighted by Gasteiger charge is 2.25. The molecule has 0 aliphatic heterocycles. The number of hydrogen-bond donors (Lipinski definition) is 6. The molecule has 2 atom stereocenters. The van der Waals surface area contributed by atoms with Gasteiger partial charge in [0.25, 0.3) is 5.91 Å². The number of carboxylic acids is 1. The number of primary amides is 2. The van der Waals surface area contributed by atoms with Crippen molar-refractivity contribution in [3.8, 4) is 11.5 Å². The summed E-state index contributed by atoms with van der Waals surface area (Å²) in [5.41, 5.74) is 19.3. The minimum absolute atomic E-state index is 0.00328. The Kier molecular flexibility index (Phi) is 17.4. The average molecular weight is 1010 g/mol. The van der Waals surface area contributed by atoms with Gasteiger partial charge in [0, 0.05) is 50.9 Å². The van der Waals surface area contributed by atoms with Crippen molar-refractivity contribution in [1.82, 2.24) is 29.4 Å². The number of carboxylic acid groups (broad SMARTS) is 1. The summed E-state index contributed by atoms with van der Waals surface area (Å²) in [5, 5.41) is 14.2. The number of ether oxygens (including phenoxy) is 3. The second-order valence-corrected chi connectivity index (χ2v) is 17.2.